The van der Waals surface area contributed by atoms with Crippen LogP contribution in [0.4, 0.5) is 5.69 Å². The Balaban J connectivity index is 2.31. The van der Waals surface area contributed by atoms with Crippen LogP contribution in [0.5, 0.6) is 23.0 Å². The van der Waals surface area contributed by atoms with Crippen LogP contribution in [-0.4, -0.2) is 33.3 Å². The van der Waals surface area contributed by atoms with Crippen molar-refractivity contribution in [2.45, 2.75) is 13.8 Å². The van der Waals surface area contributed by atoms with E-state index in [0.29, 0.717) is 47.5 Å². The van der Waals surface area contributed by atoms with Crippen LogP contribution in [0.15, 0.2) is 36.4 Å². The van der Waals surface area contributed by atoms with E-state index in [-0.39, 0.29) is 5.91 Å². The summed E-state index contributed by atoms with van der Waals surface area (Å²) in [4.78, 5) is 12.7. The maximum absolute atomic E-state index is 12.7. The molecule has 0 heterocycles. The summed E-state index contributed by atoms with van der Waals surface area (Å²) < 4.78 is 21.5. The predicted octanol–water partition coefficient (Wildman–Crippen LogP) is 3.75. The molecular formula is C19H23NO5. The van der Waals surface area contributed by atoms with Crippen LogP contribution in [0.2, 0.25) is 0 Å². The van der Waals surface area contributed by atoms with Gasteiger partial charge in [-0.25, -0.2) is 0 Å². The lowest BCUT2D eigenvalue weighted by Crippen LogP contribution is -2.13. The molecule has 0 aliphatic carbocycles. The van der Waals surface area contributed by atoms with E-state index in [4.69, 9.17) is 18.9 Å². The molecule has 0 spiro atoms. The first-order valence-corrected chi connectivity index (χ1v) is 8.05. The lowest BCUT2D eigenvalue weighted by Gasteiger charge is -2.14. The zero-order valence-corrected chi connectivity index (χ0v) is 14.9. The Morgan fingerprint density at radius 2 is 1.52 bits per heavy atom. The standard InChI is InChI=1S/C19H23NO5/c1-5-24-14-7-8-18(25-6-2)17(12-14)20-19(21)13-9-15(22-3)11-16(10-13)23-4/h7-12H,5-6H2,1-4H3,(H,20,21). The van der Waals surface area contributed by atoms with Gasteiger partial charge in [-0.2, -0.15) is 0 Å². The summed E-state index contributed by atoms with van der Waals surface area (Å²) in [7, 11) is 3.07. The Hall–Kier alpha value is -2.89. The molecule has 0 aliphatic rings. The van der Waals surface area contributed by atoms with E-state index in [1.807, 2.05) is 13.8 Å². The van der Waals surface area contributed by atoms with Crippen LogP contribution in [-0.2, 0) is 0 Å². The summed E-state index contributed by atoms with van der Waals surface area (Å²) in [6.07, 6.45) is 0. The second-order valence-electron chi connectivity index (χ2n) is 5.08. The monoisotopic (exact) mass is 345 g/mol. The van der Waals surface area contributed by atoms with Crippen molar-refractivity contribution in [2.24, 2.45) is 0 Å². The van der Waals surface area contributed by atoms with Gasteiger partial charge in [0.05, 0.1) is 33.1 Å². The maximum Gasteiger partial charge on any atom is 0.256 e. The van der Waals surface area contributed by atoms with Gasteiger partial charge in [0.1, 0.15) is 23.0 Å². The number of anilines is 1. The minimum atomic E-state index is -0.299. The third-order valence-electron chi connectivity index (χ3n) is 3.42. The number of rotatable bonds is 8. The fourth-order valence-electron chi connectivity index (χ4n) is 2.28. The second-order valence-corrected chi connectivity index (χ2v) is 5.08. The Morgan fingerprint density at radius 3 is 2.08 bits per heavy atom. The van der Waals surface area contributed by atoms with Gasteiger partial charge in [-0.05, 0) is 38.1 Å². The lowest BCUT2D eigenvalue weighted by molar-refractivity contribution is 0.102. The molecule has 134 valence electrons. The van der Waals surface area contributed by atoms with Crippen molar-refractivity contribution < 1.29 is 23.7 Å². The van der Waals surface area contributed by atoms with Crippen molar-refractivity contribution >= 4 is 11.6 Å². The highest BCUT2D eigenvalue weighted by atomic mass is 16.5. The molecule has 0 aromatic heterocycles. The van der Waals surface area contributed by atoms with Gasteiger partial charge < -0.3 is 24.3 Å². The number of hydrogen-bond donors (Lipinski definition) is 1. The van der Waals surface area contributed by atoms with E-state index in [0.717, 1.165) is 0 Å². The van der Waals surface area contributed by atoms with Gasteiger partial charge in [0.2, 0.25) is 0 Å². The molecule has 0 unspecified atom stereocenters. The van der Waals surface area contributed by atoms with E-state index >= 15 is 0 Å². The summed E-state index contributed by atoms with van der Waals surface area (Å²) in [5.41, 5.74) is 0.958. The van der Waals surface area contributed by atoms with E-state index < -0.39 is 0 Å². The molecule has 2 rings (SSSR count). The van der Waals surface area contributed by atoms with Crippen molar-refractivity contribution in [3.8, 4) is 23.0 Å². The maximum atomic E-state index is 12.7. The number of benzene rings is 2. The summed E-state index contributed by atoms with van der Waals surface area (Å²) in [5.74, 6) is 2.01. The molecule has 2 aromatic rings. The van der Waals surface area contributed by atoms with Gasteiger partial charge >= 0.3 is 0 Å². The van der Waals surface area contributed by atoms with E-state index in [1.165, 1.54) is 14.2 Å². The molecule has 0 atom stereocenters. The number of amides is 1. The minimum absolute atomic E-state index is 0.299. The molecule has 1 amide bonds. The molecule has 6 nitrogen and oxygen atoms in total. The van der Waals surface area contributed by atoms with Crippen molar-refractivity contribution in [1.82, 2.24) is 0 Å². The Labute approximate surface area is 147 Å². The smallest absolute Gasteiger partial charge is 0.256 e. The number of carbonyl (C=O) groups is 1. The number of methoxy groups -OCH3 is 2. The van der Waals surface area contributed by atoms with Gasteiger partial charge in [-0.1, -0.05) is 0 Å². The topological polar surface area (TPSA) is 66.0 Å². The average molecular weight is 345 g/mol. The van der Waals surface area contributed by atoms with Crippen molar-refractivity contribution in [1.29, 1.82) is 0 Å². The van der Waals surface area contributed by atoms with Gasteiger partial charge in [-0.15, -0.1) is 0 Å². The molecule has 25 heavy (non-hydrogen) atoms. The fraction of sp³-hybridized carbons (Fsp3) is 0.316. The van der Waals surface area contributed by atoms with Crippen LogP contribution in [0.1, 0.15) is 24.2 Å². The first-order valence-electron chi connectivity index (χ1n) is 8.05. The lowest BCUT2D eigenvalue weighted by atomic mass is 10.1. The zero-order valence-electron chi connectivity index (χ0n) is 14.9. The van der Waals surface area contributed by atoms with E-state index in [2.05, 4.69) is 5.32 Å². The summed E-state index contributed by atoms with van der Waals surface area (Å²) in [5, 5.41) is 2.86. The quantitative estimate of drug-likeness (QED) is 0.789. The van der Waals surface area contributed by atoms with Gasteiger partial charge in [0, 0.05) is 17.7 Å². The molecule has 0 aliphatic heterocycles. The second kappa shape index (κ2) is 8.82. The third kappa shape index (κ3) is 4.79. The van der Waals surface area contributed by atoms with Gasteiger partial charge in [0.25, 0.3) is 5.91 Å². The average Bonchev–Trinajstić information content (AvgIpc) is 2.63. The van der Waals surface area contributed by atoms with Crippen molar-refractivity contribution in [3.63, 3.8) is 0 Å². The SMILES string of the molecule is CCOc1ccc(OCC)c(NC(=O)c2cc(OC)cc(OC)c2)c1. The number of hydrogen-bond acceptors (Lipinski definition) is 5. The number of ether oxygens (including phenoxy) is 4. The largest absolute Gasteiger partial charge is 0.497 e. The highest BCUT2D eigenvalue weighted by Gasteiger charge is 2.14. The molecule has 0 saturated heterocycles. The van der Waals surface area contributed by atoms with Crippen LogP contribution < -0.4 is 24.3 Å². The van der Waals surface area contributed by atoms with Crippen molar-refractivity contribution in [2.75, 3.05) is 32.8 Å². The number of nitrogens with one attached hydrogen (secondary N) is 1. The normalized spacial score (nSPS) is 10.1. The first kappa shape index (κ1) is 18.4. The zero-order chi connectivity index (χ0) is 18.2. The Bertz CT molecular complexity index is 707. The van der Waals surface area contributed by atoms with Crippen LogP contribution in [0.25, 0.3) is 0 Å². The van der Waals surface area contributed by atoms with Gasteiger partial charge in [-0.3, -0.25) is 4.79 Å². The van der Waals surface area contributed by atoms with Crippen molar-refractivity contribution in [3.05, 3.63) is 42.0 Å². The summed E-state index contributed by atoms with van der Waals surface area (Å²) in [6, 6.07) is 10.3. The molecule has 0 radical (unpaired) electrons. The molecule has 0 bridgehead atoms. The molecule has 1 N–H and O–H groups in total. The summed E-state index contributed by atoms with van der Waals surface area (Å²) in [6.45, 7) is 4.81. The molecule has 2 aromatic carbocycles. The van der Waals surface area contributed by atoms with Crippen LogP contribution in [0, 0.1) is 0 Å². The minimum Gasteiger partial charge on any atom is -0.497 e. The molecule has 0 saturated carbocycles. The Morgan fingerprint density at radius 1 is 0.880 bits per heavy atom. The number of carbonyl (C=O) groups excluding carboxylic acids is 1. The predicted molar refractivity (Wildman–Crippen MR) is 96.3 cm³/mol. The summed E-state index contributed by atoms with van der Waals surface area (Å²) >= 11 is 0. The molecule has 0 fully saturated rings. The van der Waals surface area contributed by atoms with Crippen LogP contribution >= 0.6 is 0 Å². The van der Waals surface area contributed by atoms with Gasteiger partial charge in [0.15, 0.2) is 0 Å². The third-order valence-corrected chi connectivity index (χ3v) is 3.42. The van der Waals surface area contributed by atoms with E-state index in [9.17, 15) is 4.79 Å². The molecule has 6 heteroatoms. The molecular weight excluding hydrogens is 322 g/mol. The van der Waals surface area contributed by atoms with E-state index in [1.54, 1.807) is 36.4 Å². The van der Waals surface area contributed by atoms with Crippen LogP contribution in [0.3, 0.4) is 0 Å². The first-order chi connectivity index (χ1) is 12.1. The highest BCUT2D eigenvalue weighted by molar-refractivity contribution is 6.05. The highest BCUT2D eigenvalue weighted by Crippen LogP contribution is 2.30. The Kier molecular flexibility index (Phi) is 6.51. The fourth-order valence-corrected chi connectivity index (χ4v) is 2.28.